The molecule has 0 N–H and O–H groups in total. The predicted molar refractivity (Wildman–Crippen MR) is 159 cm³/mol. The Morgan fingerprint density at radius 3 is 1.39 bits per heavy atom. The third kappa shape index (κ3) is 19.8. The van der Waals surface area contributed by atoms with Gasteiger partial charge >= 0.3 is 41.5 Å². The quantitative estimate of drug-likeness (QED) is 0.0608. The molecule has 1 aromatic rings. The molecule has 0 aliphatic heterocycles. The summed E-state index contributed by atoms with van der Waals surface area (Å²) in [4.78, 5) is 24.9. The monoisotopic (exact) mass is 604 g/mol. The van der Waals surface area contributed by atoms with Gasteiger partial charge < -0.3 is 14.0 Å². The van der Waals surface area contributed by atoms with Crippen molar-refractivity contribution in [1.29, 1.82) is 0 Å². The van der Waals surface area contributed by atoms with Gasteiger partial charge in [0.05, 0.1) is 17.7 Å². The molecule has 0 amide bonds. The van der Waals surface area contributed by atoms with Gasteiger partial charge in [-0.05, 0) is 25.0 Å². The molecule has 0 radical (unpaired) electrons. The van der Waals surface area contributed by atoms with Crippen LogP contribution in [0.3, 0.4) is 0 Å². The average Bonchev–Trinajstić information content (AvgIpc) is 2.94. The van der Waals surface area contributed by atoms with Crippen LogP contribution < -0.4 is 29.6 Å². The van der Waals surface area contributed by atoms with Crippen molar-refractivity contribution < 1.29 is 61.6 Å². The van der Waals surface area contributed by atoms with Crippen LogP contribution >= 0.6 is 0 Å². The Bertz CT molecular complexity index is 920. The van der Waals surface area contributed by atoms with E-state index in [4.69, 9.17) is 9.47 Å². The molecule has 0 saturated carbocycles. The molecule has 0 aliphatic carbocycles. The molecule has 1 unspecified atom stereocenters. The zero-order chi connectivity index (χ0) is 29.5. The van der Waals surface area contributed by atoms with Crippen molar-refractivity contribution >= 4 is 22.1 Å². The van der Waals surface area contributed by atoms with Gasteiger partial charge in [-0.25, -0.2) is 18.0 Å². The first-order valence-corrected chi connectivity index (χ1v) is 17.2. The van der Waals surface area contributed by atoms with Crippen LogP contribution in [0.15, 0.2) is 24.3 Å². The van der Waals surface area contributed by atoms with E-state index in [1.807, 2.05) is 0 Å². The largest absolute Gasteiger partial charge is 1.00 e. The molecule has 41 heavy (non-hydrogen) atoms. The molecule has 0 aliphatic rings. The Morgan fingerprint density at radius 2 is 1.02 bits per heavy atom. The number of hydrogen-bond acceptors (Lipinski definition) is 7. The first-order chi connectivity index (χ1) is 19.3. The molecule has 0 spiro atoms. The standard InChI is InChI=1S/C32H54O7S.Na/c1-3-5-6-7-8-9-10-11-12-13-14-15-16-17-18-19-20-21-24-27-38-31(33)28-25-22-23-26-29(28)32(34)39-30(4-2)40(35,36)37;/h22-23,25-26,30H,3-21,24,27H2,1-2H3,(H,35,36,37);/q;+1/p-1. The predicted octanol–water partition coefficient (Wildman–Crippen LogP) is 5.72. The van der Waals surface area contributed by atoms with Crippen LogP contribution in [0.25, 0.3) is 0 Å². The van der Waals surface area contributed by atoms with Crippen LogP contribution in [0, 0.1) is 0 Å². The van der Waals surface area contributed by atoms with Gasteiger partial charge in [-0.2, -0.15) is 0 Å². The summed E-state index contributed by atoms with van der Waals surface area (Å²) in [5.41, 5.74) is -1.93. The van der Waals surface area contributed by atoms with Gasteiger partial charge in [0.15, 0.2) is 5.44 Å². The van der Waals surface area contributed by atoms with E-state index >= 15 is 0 Å². The molecule has 1 aromatic carbocycles. The Hall–Kier alpha value is -0.930. The summed E-state index contributed by atoms with van der Waals surface area (Å²) in [5.74, 6) is -1.71. The van der Waals surface area contributed by atoms with E-state index in [2.05, 4.69) is 6.92 Å². The van der Waals surface area contributed by atoms with E-state index < -0.39 is 27.5 Å². The second-order valence-electron chi connectivity index (χ2n) is 10.8. The van der Waals surface area contributed by atoms with Crippen molar-refractivity contribution in [3.8, 4) is 0 Å². The number of carbonyl (C=O) groups excluding carboxylic acids is 2. The Morgan fingerprint density at radius 1 is 0.659 bits per heavy atom. The first kappa shape index (κ1) is 40.1. The van der Waals surface area contributed by atoms with Crippen molar-refractivity contribution in [2.75, 3.05) is 6.61 Å². The topological polar surface area (TPSA) is 110 Å². The van der Waals surface area contributed by atoms with Gasteiger partial charge in [-0.3, -0.25) is 0 Å². The average molecular weight is 605 g/mol. The van der Waals surface area contributed by atoms with Crippen LogP contribution in [0.2, 0.25) is 0 Å². The third-order valence-corrected chi connectivity index (χ3v) is 8.32. The second-order valence-corrected chi connectivity index (χ2v) is 12.3. The van der Waals surface area contributed by atoms with Crippen molar-refractivity contribution in [2.24, 2.45) is 0 Å². The van der Waals surface area contributed by atoms with E-state index in [9.17, 15) is 22.6 Å². The fourth-order valence-electron chi connectivity index (χ4n) is 4.79. The summed E-state index contributed by atoms with van der Waals surface area (Å²) in [6.45, 7) is 3.93. The third-order valence-electron chi connectivity index (χ3n) is 7.24. The molecule has 1 atom stereocenters. The maximum Gasteiger partial charge on any atom is 1.00 e. The van der Waals surface area contributed by atoms with Gasteiger partial charge in [0.2, 0.25) is 0 Å². The van der Waals surface area contributed by atoms with Crippen molar-refractivity contribution in [2.45, 2.75) is 148 Å². The maximum absolute atomic E-state index is 12.5. The van der Waals surface area contributed by atoms with Crippen molar-refractivity contribution in [3.05, 3.63) is 35.4 Å². The van der Waals surface area contributed by atoms with Crippen molar-refractivity contribution in [3.63, 3.8) is 0 Å². The smallest absolute Gasteiger partial charge is 0.745 e. The maximum atomic E-state index is 12.5. The van der Waals surface area contributed by atoms with E-state index in [0.29, 0.717) is 0 Å². The number of rotatable bonds is 25. The number of ether oxygens (including phenoxy) is 2. The molecule has 7 nitrogen and oxygen atoms in total. The Balaban J connectivity index is 0.0000160. The normalized spacial score (nSPS) is 12.0. The summed E-state index contributed by atoms with van der Waals surface area (Å²) >= 11 is 0. The molecule has 0 heterocycles. The van der Waals surface area contributed by atoms with E-state index in [1.54, 1.807) is 6.07 Å². The minimum atomic E-state index is -4.80. The van der Waals surface area contributed by atoms with Gasteiger partial charge in [0, 0.05) is 0 Å². The minimum absolute atomic E-state index is 0. The van der Waals surface area contributed by atoms with Gasteiger partial charge in [0.1, 0.15) is 10.1 Å². The van der Waals surface area contributed by atoms with E-state index in [0.717, 1.165) is 19.3 Å². The summed E-state index contributed by atoms with van der Waals surface area (Å²) in [5, 5.41) is 0. The first-order valence-electron chi connectivity index (χ1n) is 15.7. The van der Waals surface area contributed by atoms with Crippen LogP contribution in [-0.2, 0) is 19.6 Å². The summed E-state index contributed by atoms with van der Waals surface area (Å²) < 4.78 is 43.8. The minimum Gasteiger partial charge on any atom is -0.745 e. The van der Waals surface area contributed by atoms with Crippen LogP contribution in [0.1, 0.15) is 163 Å². The van der Waals surface area contributed by atoms with Gasteiger partial charge in [0.25, 0.3) is 0 Å². The van der Waals surface area contributed by atoms with Gasteiger partial charge in [-0.1, -0.05) is 142 Å². The molecule has 0 saturated heterocycles. The molecule has 0 fully saturated rings. The fraction of sp³-hybridized carbons (Fsp3) is 0.750. The van der Waals surface area contributed by atoms with Crippen molar-refractivity contribution in [1.82, 2.24) is 0 Å². The number of benzene rings is 1. The number of hydrogen-bond donors (Lipinski definition) is 0. The van der Waals surface area contributed by atoms with Crippen LogP contribution in [0.5, 0.6) is 0 Å². The summed E-state index contributed by atoms with van der Waals surface area (Å²) in [6, 6.07) is 5.87. The number of esters is 2. The Kier molecular flexibility index (Phi) is 25.0. The number of unbranched alkanes of at least 4 members (excludes halogenated alkanes) is 18. The molecule has 1 rings (SSSR count). The SMILES string of the molecule is CCCCCCCCCCCCCCCCCCCCCOC(=O)c1ccccc1C(=O)OC(CC)S(=O)(=O)[O-].[Na+]. The van der Waals surface area contributed by atoms with E-state index in [1.165, 1.54) is 128 Å². The molecule has 0 aromatic heterocycles. The second kappa shape index (κ2) is 25.6. The van der Waals surface area contributed by atoms with Crippen LogP contribution in [-0.4, -0.2) is 37.0 Å². The Labute approximate surface area is 272 Å². The van der Waals surface area contributed by atoms with Crippen LogP contribution in [0.4, 0.5) is 0 Å². The van der Waals surface area contributed by atoms with Gasteiger partial charge in [-0.15, -0.1) is 0 Å². The number of carbonyl (C=O) groups is 2. The molecule has 230 valence electrons. The molecule has 0 bridgehead atoms. The summed E-state index contributed by atoms with van der Waals surface area (Å²) in [6.07, 6.45) is 24.3. The van der Waals surface area contributed by atoms with E-state index in [-0.39, 0.29) is 53.7 Å². The summed E-state index contributed by atoms with van der Waals surface area (Å²) in [7, 11) is -4.80. The molecular formula is C32H53NaO7S. The molecular weight excluding hydrogens is 551 g/mol. The fourth-order valence-corrected chi connectivity index (χ4v) is 5.40. The zero-order valence-corrected chi connectivity index (χ0v) is 28.8. The zero-order valence-electron chi connectivity index (χ0n) is 26.0. The molecule has 9 heteroatoms.